The second kappa shape index (κ2) is 5.89. The SMILES string of the molecule is CC#CCCC(N)c1cc(F)ccc1Br. The van der Waals surface area contributed by atoms with Crippen molar-refractivity contribution in [2.75, 3.05) is 0 Å². The van der Waals surface area contributed by atoms with Crippen molar-refractivity contribution in [1.29, 1.82) is 0 Å². The molecule has 0 radical (unpaired) electrons. The minimum absolute atomic E-state index is 0.170. The summed E-state index contributed by atoms with van der Waals surface area (Å²) in [5.74, 6) is 5.49. The summed E-state index contributed by atoms with van der Waals surface area (Å²) in [4.78, 5) is 0. The zero-order valence-corrected chi connectivity index (χ0v) is 10.1. The summed E-state index contributed by atoms with van der Waals surface area (Å²) < 4.78 is 13.8. The maximum absolute atomic E-state index is 13.0. The van der Waals surface area contributed by atoms with Crippen LogP contribution in [0.5, 0.6) is 0 Å². The average Bonchev–Trinajstić information content (AvgIpc) is 2.22. The lowest BCUT2D eigenvalue weighted by molar-refractivity contribution is 0.611. The highest BCUT2D eigenvalue weighted by Gasteiger charge is 2.09. The number of rotatable bonds is 3. The van der Waals surface area contributed by atoms with Gasteiger partial charge < -0.3 is 5.73 Å². The topological polar surface area (TPSA) is 26.0 Å². The van der Waals surface area contributed by atoms with Gasteiger partial charge in [0.25, 0.3) is 0 Å². The molecule has 1 aromatic carbocycles. The van der Waals surface area contributed by atoms with Gasteiger partial charge in [0.2, 0.25) is 0 Å². The van der Waals surface area contributed by atoms with E-state index in [1.807, 2.05) is 0 Å². The van der Waals surface area contributed by atoms with Crippen molar-refractivity contribution in [1.82, 2.24) is 0 Å². The largest absolute Gasteiger partial charge is 0.324 e. The highest BCUT2D eigenvalue weighted by atomic mass is 79.9. The lowest BCUT2D eigenvalue weighted by Gasteiger charge is -2.12. The average molecular weight is 270 g/mol. The molecule has 2 N–H and O–H groups in total. The Morgan fingerprint density at radius 2 is 2.27 bits per heavy atom. The van der Waals surface area contributed by atoms with E-state index in [0.717, 1.165) is 22.9 Å². The van der Waals surface area contributed by atoms with Gasteiger partial charge in [0.15, 0.2) is 0 Å². The highest BCUT2D eigenvalue weighted by Crippen LogP contribution is 2.25. The summed E-state index contributed by atoms with van der Waals surface area (Å²) >= 11 is 3.36. The molecular weight excluding hydrogens is 257 g/mol. The van der Waals surface area contributed by atoms with Gasteiger partial charge in [-0.2, -0.15) is 0 Å². The molecule has 15 heavy (non-hydrogen) atoms. The van der Waals surface area contributed by atoms with Crippen LogP contribution in [-0.2, 0) is 0 Å². The maximum atomic E-state index is 13.0. The Labute approximate surface area is 98.0 Å². The third-order valence-electron chi connectivity index (χ3n) is 2.11. The molecule has 0 aliphatic heterocycles. The van der Waals surface area contributed by atoms with Crippen LogP contribution in [-0.4, -0.2) is 0 Å². The summed E-state index contributed by atoms with van der Waals surface area (Å²) in [7, 11) is 0. The summed E-state index contributed by atoms with van der Waals surface area (Å²) in [6.45, 7) is 1.80. The molecule has 0 heterocycles. The van der Waals surface area contributed by atoms with E-state index in [-0.39, 0.29) is 11.9 Å². The predicted molar refractivity (Wildman–Crippen MR) is 63.7 cm³/mol. The molecule has 1 aromatic rings. The van der Waals surface area contributed by atoms with Crippen molar-refractivity contribution in [2.24, 2.45) is 5.73 Å². The van der Waals surface area contributed by atoms with Crippen LogP contribution in [0.25, 0.3) is 0 Å². The Balaban J connectivity index is 2.74. The van der Waals surface area contributed by atoms with Gasteiger partial charge in [0, 0.05) is 16.9 Å². The molecule has 0 aliphatic rings. The highest BCUT2D eigenvalue weighted by molar-refractivity contribution is 9.10. The first kappa shape index (κ1) is 12.2. The van der Waals surface area contributed by atoms with E-state index in [9.17, 15) is 4.39 Å². The number of halogens is 2. The second-order valence-corrected chi connectivity index (χ2v) is 4.09. The molecule has 0 bridgehead atoms. The minimum atomic E-state index is -0.259. The van der Waals surface area contributed by atoms with Crippen LogP contribution in [0.15, 0.2) is 22.7 Å². The molecule has 1 unspecified atom stereocenters. The fourth-order valence-electron chi connectivity index (χ4n) is 1.31. The zero-order chi connectivity index (χ0) is 11.3. The molecule has 0 spiro atoms. The standard InChI is InChI=1S/C12H13BrFN/c1-2-3-4-5-12(15)10-8-9(14)6-7-11(10)13/h6-8,12H,4-5,15H2,1H3. The normalized spacial score (nSPS) is 11.7. The Bertz CT molecular complexity index is 392. The van der Waals surface area contributed by atoms with Gasteiger partial charge >= 0.3 is 0 Å². The minimum Gasteiger partial charge on any atom is -0.324 e. The van der Waals surface area contributed by atoms with E-state index in [2.05, 4.69) is 27.8 Å². The molecule has 1 nitrogen and oxygen atoms in total. The van der Waals surface area contributed by atoms with E-state index in [4.69, 9.17) is 5.73 Å². The smallest absolute Gasteiger partial charge is 0.123 e. The predicted octanol–water partition coefficient (Wildman–Crippen LogP) is 3.39. The summed E-state index contributed by atoms with van der Waals surface area (Å²) in [5, 5.41) is 0. The van der Waals surface area contributed by atoms with Crippen molar-refractivity contribution >= 4 is 15.9 Å². The molecule has 1 rings (SSSR count). The molecular formula is C12H13BrFN. The summed E-state index contributed by atoms with van der Waals surface area (Å²) in [5.41, 5.74) is 6.74. The van der Waals surface area contributed by atoms with Crippen molar-refractivity contribution in [3.05, 3.63) is 34.1 Å². The van der Waals surface area contributed by atoms with Gasteiger partial charge in [-0.3, -0.25) is 0 Å². The van der Waals surface area contributed by atoms with Gasteiger partial charge in [-0.25, -0.2) is 4.39 Å². The van der Waals surface area contributed by atoms with Crippen LogP contribution >= 0.6 is 15.9 Å². The van der Waals surface area contributed by atoms with Crippen LogP contribution in [0, 0.1) is 17.7 Å². The molecule has 1 atom stereocenters. The van der Waals surface area contributed by atoms with Gasteiger partial charge in [-0.1, -0.05) is 15.9 Å². The zero-order valence-electron chi connectivity index (χ0n) is 8.56. The first-order valence-electron chi connectivity index (χ1n) is 4.75. The lowest BCUT2D eigenvalue weighted by Crippen LogP contribution is -2.10. The molecule has 3 heteroatoms. The Kier molecular flexibility index (Phi) is 4.80. The van der Waals surface area contributed by atoms with Crippen LogP contribution in [0.2, 0.25) is 0 Å². The van der Waals surface area contributed by atoms with E-state index < -0.39 is 0 Å². The van der Waals surface area contributed by atoms with Crippen molar-refractivity contribution in [3.8, 4) is 11.8 Å². The third kappa shape index (κ3) is 3.65. The monoisotopic (exact) mass is 269 g/mol. The third-order valence-corrected chi connectivity index (χ3v) is 2.84. The summed E-state index contributed by atoms with van der Waals surface area (Å²) in [6, 6.07) is 4.38. The van der Waals surface area contributed by atoms with Gasteiger partial charge in [-0.15, -0.1) is 11.8 Å². The van der Waals surface area contributed by atoms with Crippen LogP contribution in [0.1, 0.15) is 31.4 Å². The van der Waals surface area contributed by atoms with E-state index in [1.165, 1.54) is 12.1 Å². The van der Waals surface area contributed by atoms with E-state index >= 15 is 0 Å². The first-order chi connectivity index (χ1) is 7.15. The first-order valence-corrected chi connectivity index (χ1v) is 5.54. The van der Waals surface area contributed by atoms with Gasteiger partial charge in [0.05, 0.1) is 0 Å². The number of benzene rings is 1. The lowest BCUT2D eigenvalue weighted by atomic mass is 10.0. The molecule has 0 saturated heterocycles. The quantitative estimate of drug-likeness (QED) is 0.837. The van der Waals surface area contributed by atoms with E-state index in [1.54, 1.807) is 13.0 Å². The number of hydrogen-bond acceptors (Lipinski definition) is 1. The van der Waals surface area contributed by atoms with Crippen molar-refractivity contribution < 1.29 is 4.39 Å². The second-order valence-electron chi connectivity index (χ2n) is 3.24. The van der Waals surface area contributed by atoms with E-state index in [0.29, 0.717) is 0 Å². The van der Waals surface area contributed by atoms with Gasteiger partial charge in [0.1, 0.15) is 5.82 Å². The molecule has 0 amide bonds. The fourth-order valence-corrected chi connectivity index (χ4v) is 1.85. The van der Waals surface area contributed by atoms with Crippen LogP contribution in [0.4, 0.5) is 4.39 Å². The van der Waals surface area contributed by atoms with Crippen molar-refractivity contribution in [3.63, 3.8) is 0 Å². The van der Waals surface area contributed by atoms with Gasteiger partial charge in [-0.05, 0) is 37.1 Å². The molecule has 0 fully saturated rings. The van der Waals surface area contributed by atoms with Crippen molar-refractivity contribution in [2.45, 2.75) is 25.8 Å². The molecule has 80 valence electrons. The fraction of sp³-hybridized carbons (Fsp3) is 0.333. The Morgan fingerprint density at radius 1 is 1.53 bits per heavy atom. The van der Waals surface area contributed by atoms with Crippen LogP contribution < -0.4 is 5.73 Å². The molecule has 0 aliphatic carbocycles. The number of hydrogen-bond donors (Lipinski definition) is 1. The molecule has 0 saturated carbocycles. The number of nitrogens with two attached hydrogens (primary N) is 1. The summed E-state index contributed by atoms with van der Waals surface area (Å²) in [6.07, 6.45) is 1.48. The van der Waals surface area contributed by atoms with Crippen LogP contribution in [0.3, 0.4) is 0 Å². The Morgan fingerprint density at radius 3 is 2.93 bits per heavy atom. The Hall–Kier alpha value is -0.850. The molecule has 0 aromatic heterocycles. The maximum Gasteiger partial charge on any atom is 0.123 e.